The van der Waals surface area contributed by atoms with Crippen molar-refractivity contribution in [1.29, 1.82) is 0 Å². The van der Waals surface area contributed by atoms with Gasteiger partial charge in [-0.3, -0.25) is 0 Å². The quantitative estimate of drug-likeness (QED) is 0.313. The summed E-state index contributed by atoms with van der Waals surface area (Å²) in [5, 5.41) is 0. The Hall–Kier alpha value is -0.300. The van der Waals surface area contributed by atoms with E-state index in [-0.39, 0.29) is 0 Å². The van der Waals surface area contributed by atoms with E-state index in [1.807, 2.05) is 0 Å². The number of hydrogen-bond acceptors (Lipinski definition) is 1. The average Bonchev–Trinajstić information content (AvgIpc) is 2.37. The molecule has 1 heteroatoms. The van der Waals surface area contributed by atoms with Crippen LogP contribution in [0.2, 0.25) is 0 Å². The molecule has 0 aromatic heterocycles. The molecule has 0 aliphatic carbocycles. The molecule has 0 bridgehead atoms. The lowest BCUT2D eigenvalue weighted by atomic mass is 10.1. The van der Waals surface area contributed by atoms with Crippen LogP contribution < -0.4 is 0 Å². The summed E-state index contributed by atoms with van der Waals surface area (Å²) >= 11 is 0. The third-order valence-electron chi connectivity index (χ3n) is 3.41. The van der Waals surface area contributed by atoms with E-state index in [4.69, 9.17) is 0 Å². The van der Waals surface area contributed by atoms with Crippen molar-refractivity contribution < 1.29 is 0 Å². The lowest BCUT2D eigenvalue weighted by Gasteiger charge is -2.20. The average molecular weight is 253 g/mol. The number of hydrogen-bond donors (Lipinski definition) is 0. The zero-order chi connectivity index (χ0) is 13.5. The molecule has 0 spiro atoms. The minimum Gasteiger partial charge on any atom is -0.303 e. The Kier molecular flexibility index (Phi) is 14.5. The summed E-state index contributed by atoms with van der Waals surface area (Å²) in [6, 6.07) is 0. The third kappa shape index (κ3) is 12.2. The van der Waals surface area contributed by atoms with Crippen LogP contribution in [0.4, 0.5) is 0 Å². The van der Waals surface area contributed by atoms with Crippen LogP contribution in [-0.2, 0) is 0 Å². The molecule has 0 rings (SSSR count). The maximum absolute atomic E-state index is 2.63. The molecule has 0 atom stereocenters. The summed E-state index contributed by atoms with van der Waals surface area (Å²) < 4.78 is 0. The van der Waals surface area contributed by atoms with E-state index in [2.05, 4.69) is 37.8 Å². The molecule has 0 fully saturated rings. The first-order valence-electron chi connectivity index (χ1n) is 8.18. The van der Waals surface area contributed by atoms with Crippen LogP contribution in [0.25, 0.3) is 0 Å². The number of rotatable bonds is 13. The van der Waals surface area contributed by atoms with Gasteiger partial charge in [0, 0.05) is 0 Å². The van der Waals surface area contributed by atoms with Crippen molar-refractivity contribution in [3.63, 3.8) is 0 Å². The van der Waals surface area contributed by atoms with Crippen LogP contribution in [0.15, 0.2) is 12.2 Å². The van der Waals surface area contributed by atoms with Crippen molar-refractivity contribution in [2.24, 2.45) is 0 Å². The van der Waals surface area contributed by atoms with Crippen LogP contribution in [0.5, 0.6) is 0 Å². The van der Waals surface area contributed by atoms with E-state index in [1.54, 1.807) is 0 Å². The van der Waals surface area contributed by atoms with Gasteiger partial charge in [0.2, 0.25) is 0 Å². The van der Waals surface area contributed by atoms with E-state index in [1.165, 1.54) is 77.4 Å². The highest BCUT2D eigenvalue weighted by Crippen LogP contribution is 2.08. The zero-order valence-corrected chi connectivity index (χ0v) is 13.1. The minimum absolute atomic E-state index is 1.28. The molecular formula is C17H35N. The smallest absolute Gasteiger partial charge is 0.00187 e. The number of unbranched alkanes of at least 4 members (excludes halogenated alkanes) is 6. The summed E-state index contributed by atoms with van der Waals surface area (Å²) in [7, 11) is 0. The van der Waals surface area contributed by atoms with E-state index in [0.717, 1.165) is 0 Å². The van der Waals surface area contributed by atoms with E-state index in [9.17, 15) is 0 Å². The van der Waals surface area contributed by atoms with Crippen molar-refractivity contribution in [2.75, 3.05) is 19.6 Å². The summed E-state index contributed by atoms with van der Waals surface area (Å²) in [4.78, 5) is 2.63. The fourth-order valence-electron chi connectivity index (χ4n) is 2.44. The Balaban J connectivity index is 3.26. The van der Waals surface area contributed by atoms with Crippen LogP contribution in [0, 0.1) is 0 Å². The van der Waals surface area contributed by atoms with Gasteiger partial charge in [0.25, 0.3) is 0 Å². The Morgan fingerprint density at radius 2 is 1.28 bits per heavy atom. The first-order chi connectivity index (χ1) is 8.85. The fourth-order valence-corrected chi connectivity index (χ4v) is 2.44. The molecule has 0 aliphatic heterocycles. The van der Waals surface area contributed by atoms with Crippen LogP contribution in [0.3, 0.4) is 0 Å². The summed E-state index contributed by atoms with van der Waals surface area (Å²) in [5.74, 6) is 0. The molecule has 0 radical (unpaired) electrons. The maximum Gasteiger partial charge on any atom is -0.00187 e. The Morgan fingerprint density at radius 1 is 0.722 bits per heavy atom. The van der Waals surface area contributed by atoms with Crippen molar-refractivity contribution in [3.05, 3.63) is 12.2 Å². The predicted octanol–water partition coefficient (Wildman–Crippen LogP) is 5.42. The molecule has 0 aliphatic rings. The summed E-state index contributed by atoms with van der Waals surface area (Å²) in [6.45, 7) is 10.6. The molecule has 0 heterocycles. The monoisotopic (exact) mass is 253 g/mol. The molecule has 0 aromatic carbocycles. The zero-order valence-electron chi connectivity index (χ0n) is 13.1. The largest absolute Gasteiger partial charge is 0.303 e. The first-order valence-corrected chi connectivity index (χ1v) is 8.18. The molecule has 108 valence electrons. The molecule has 0 saturated carbocycles. The molecule has 0 saturated heterocycles. The topological polar surface area (TPSA) is 3.24 Å². The molecule has 0 N–H and O–H groups in total. The lowest BCUT2D eigenvalue weighted by Crippen LogP contribution is -2.26. The second kappa shape index (κ2) is 14.8. The van der Waals surface area contributed by atoms with Crippen molar-refractivity contribution >= 4 is 0 Å². The highest BCUT2D eigenvalue weighted by atomic mass is 15.1. The lowest BCUT2D eigenvalue weighted by molar-refractivity contribution is 0.267. The van der Waals surface area contributed by atoms with E-state index < -0.39 is 0 Å². The fraction of sp³-hybridized carbons (Fsp3) is 0.882. The van der Waals surface area contributed by atoms with Gasteiger partial charge >= 0.3 is 0 Å². The SMILES string of the molecule is C/C=C/CCCCCCCCN(CCC)CCC. The highest BCUT2D eigenvalue weighted by Gasteiger charge is 2.01. The normalized spacial score (nSPS) is 11.8. The van der Waals surface area contributed by atoms with Crippen molar-refractivity contribution in [1.82, 2.24) is 4.90 Å². The van der Waals surface area contributed by atoms with Crippen molar-refractivity contribution in [3.8, 4) is 0 Å². The second-order valence-electron chi connectivity index (χ2n) is 5.32. The van der Waals surface area contributed by atoms with Gasteiger partial charge < -0.3 is 4.90 Å². The van der Waals surface area contributed by atoms with E-state index in [0.29, 0.717) is 0 Å². The van der Waals surface area contributed by atoms with Crippen LogP contribution in [0.1, 0.15) is 78.6 Å². The maximum atomic E-state index is 2.63. The first kappa shape index (κ1) is 17.7. The number of allylic oxidation sites excluding steroid dienone is 2. The molecular weight excluding hydrogens is 218 g/mol. The molecule has 0 amide bonds. The second-order valence-corrected chi connectivity index (χ2v) is 5.32. The highest BCUT2D eigenvalue weighted by molar-refractivity contribution is 4.76. The van der Waals surface area contributed by atoms with Gasteiger partial charge in [0.15, 0.2) is 0 Å². The molecule has 1 nitrogen and oxygen atoms in total. The van der Waals surface area contributed by atoms with Crippen LogP contribution >= 0.6 is 0 Å². The summed E-state index contributed by atoms with van der Waals surface area (Å²) in [6.07, 6.45) is 16.8. The Morgan fingerprint density at radius 3 is 1.83 bits per heavy atom. The van der Waals surface area contributed by atoms with Gasteiger partial charge in [-0.2, -0.15) is 0 Å². The molecule has 18 heavy (non-hydrogen) atoms. The Bertz CT molecular complexity index is 168. The Labute approximate surface area is 116 Å². The van der Waals surface area contributed by atoms with Gasteiger partial charge in [0.05, 0.1) is 0 Å². The third-order valence-corrected chi connectivity index (χ3v) is 3.41. The molecule has 0 unspecified atom stereocenters. The summed E-state index contributed by atoms with van der Waals surface area (Å²) in [5.41, 5.74) is 0. The van der Waals surface area contributed by atoms with Gasteiger partial charge in [-0.1, -0.05) is 51.7 Å². The molecule has 0 aromatic rings. The predicted molar refractivity (Wildman–Crippen MR) is 84.2 cm³/mol. The van der Waals surface area contributed by atoms with Gasteiger partial charge in [-0.25, -0.2) is 0 Å². The number of nitrogens with zero attached hydrogens (tertiary/aromatic N) is 1. The minimum atomic E-state index is 1.28. The van der Waals surface area contributed by atoms with Crippen LogP contribution in [-0.4, -0.2) is 24.5 Å². The van der Waals surface area contributed by atoms with Crippen molar-refractivity contribution in [2.45, 2.75) is 78.6 Å². The standard InChI is InChI=1S/C17H35N/c1-4-7-8-9-10-11-12-13-14-17-18(15-5-2)16-6-3/h4,7H,5-6,8-17H2,1-3H3/b7-4+. The van der Waals surface area contributed by atoms with Gasteiger partial charge in [-0.05, 0) is 58.7 Å². The van der Waals surface area contributed by atoms with E-state index >= 15 is 0 Å². The van der Waals surface area contributed by atoms with Gasteiger partial charge in [-0.15, -0.1) is 0 Å². The van der Waals surface area contributed by atoms with Gasteiger partial charge in [0.1, 0.15) is 0 Å².